The maximum Gasteiger partial charge on any atom is 0.336 e. The van der Waals surface area contributed by atoms with Crippen molar-refractivity contribution in [3.05, 3.63) is 108 Å². The smallest absolute Gasteiger partial charge is 0.336 e. The molecule has 0 saturated heterocycles. The van der Waals surface area contributed by atoms with Crippen LogP contribution in [0.5, 0.6) is 0 Å². The molecule has 0 unspecified atom stereocenters. The van der Waals surface area contributed by atoms with Crippen molar-refractivity contribution in [2.45, 2.75) is 0 Å². The van der Waals surface area contributed by atoms with Crippen LogP contribution in [0.25, 0.3) is 43.8 Å². The molecular formula is C28H18O4. The molecule has 0 heterocycles. The highest BCUT2D eigenvalue weighted by Gasteiger charge is 2.23. The largest absolute Gasteiger partial charge is 0.478 e. The average Bonchev–Trinajstić information content (AvgIpc) is 2.82. The molecule has 4 nitrogen and oxygen atoms in total. The fraction of sp³-hybridized carbons (Fsp3) is 0. The molecule has 154 valence electrons. The lowest BCUT2D eigenvalue weighted by Crippen LogP contribution is -2.07. The Bertz CT molecular complexity index is 1420. The highest BCUT2D eigenvalue weighted by Crippen LogP contribution is 2.40. The molecule has 0 aliphatic rings. The van der Waals surface area contributed by atoms with E-state index in [1.54, 1.807) is 0 Å². The monoisotopic (exact) mass is 418 g/mol. The molecule has 0 aliphatic heterocycles. The van der Waals surface area contributed by atoms with Gasteiger partial charge in [0.05, 0.1) is 11.1 Å². The van der Waals surface area contributed by atoms with Crippen LogP contribution in [0.15, 0.2) is 97.1 Å². The molecule has 4 heteroatoms. The Labute approximate surface area is 184 Å². The van der Waals surface area contributed by atoms with Gasteiger partial charge in [-0.1, -0.05) is 72.8 Å². The van der Waals surface area contributed by atoms with Crippen molar-refractivity contribution in [2.24, 2.45) is 0 Å². The van der Waals surface area contributed by atoms with E-state index < -0.39 is 11.9 Å². The van der Waals surface area contributed by atoms with Gasteiger partial charge in [-0.3, -0.25) is 0 Å². The highest BCUT2D eigenvalue weighted by atomic mass is 16.4. The predicted octanol–water partition coefficient (Wildman–Crippen LogP) is 6.72. The van der Waals surface area contributed by atoms with Crippen LogP contribution in [0.1, 0.15) is 20.7 Å². The van der Waals surface area contributed by atoms with E-state index in [1.165, 1.54) is 12.1 Å². The van der Waals surface area contributed by atoms with E-state index in [4.69, 9.17) is 0 Å². The van der Waals surface area contributed by atoms with Gasteiger partial charge < -0.3 is 10.2 Å². The maximum absolute atomic E-state index is 12.2. The van der Waals surface area contributed by atoms with Crippen LogP contribution in [0, 0.1) is 0 Å². The van der Waals surface area contributed by atoms with Gasteiger partial charge in [-0.15, -0.1) is 0 Å². The van der Waals surface area contributed by atoms with Gasteiger partial charge in [0, 0.05) is 11.1 Å². The zero-order valence-corrected chi connectivity index (χ0v) is 16.9. The molecule has 0 amide bonds. The second-order valence-electron chi connectivity index (χ2n) is 7.64. The van der Waals surface area contributed by atoms with E-state index in [0.717, 1.165) is 21.5 Å². The number of hydrogen-bond acceptors (Lipinski definition) is 2. The summed E-state index contributed by atoms with van der Waals surface area (Å²) in [5.41, 5.74) is 2.25. The Morgan fingerprint density at radius 1 is 0.469 bits per heavy atom. The fourth-order valence-corrected chi connectivity index (χ4v) is 4.25. The lowest BCUT2D eigenvalue weighted by molar-refractivity contribution is 0.0682. The third kappa shape index (κ3) is 3.28. The molecule has 0 spiro atoms. The second-order valence-corrected chi connectivity index (χ2v) is 7.64. The number of aromatic carboxylic acids is 2. The maximum atomic E-state index is 12.2. The summed E-state index contributed by atoms with van der Waals surface area (Å²) in [6.45, 7) is 0. The van der Waals surface area contributed by atoms with Gasteiger partial charge in [0.25, 0.3) is 0 Å². The zero-order valence-electron chi connectivity index (χ0n) is 16.9. The molecule has 0 fully saturated rings. The van der Waals surface area contributed by atoms with Crippen LogP contribution in [-0.4, -0.2) is 22.2 Å². The van der Waals surface area contributed by atoms with Crippen molar-refractivity contribution in [2.75, 3.05) is 0 Å². The Hall–Kier alpha value is -4.44. The molecule has 0 aliphatic carbocycles. The summed E-state index contributed by atoms with van der Waals surface area (Å²) >= 11 is 0. The van der Waals surface area contributed by atoms with Crippen LogP contribution >= 0.6 is 0 Å². The van der Waals surface area contributed by atoms with Gasteiger partial charge >= 0.3 is 11.9 Å². The lowest BCUT2D eigenvalue weighted by Gasteiger charge is -2.17. The third-order valence-corrected chi connectivity index (χ3v) is 5.74. The number of benzene rings is 5. The van der Waals surface area contributed by atoms with E-state index in [2.05, 4.69) is 0 Å². The Morgan fingerprint density at radius 3 is 1.22 bits per heavy atom. The molecule has 32 heavy (non-hydrogen) atoms. The van der Waals surface area contributed by atoms with E-state index in [1.807, 2.05) is 84.9 Å². The summed E-state index contributed by atoms with van der Waals surface area (Å²) in [6, 6.07) is 29.7. The van der Waals surface area contributed by atoms with Crippen molar-refractivity contribution >= 4 is 33.5 Å². The van der Waals surface area contributed by atoms with Gasteiger partial charge in [0.15, 0.2) is 0 Å². The summed E-state index contributed by atoms with van der Waals surface area (Å²) in [6.07, 6.45) is 0. The Balaban J connectivity index is 1.89. The van der Waals surface area contributed by atoms with Crippen molar-refractivity contribution in [3.63, 3.8) is 0 Å². The first-order valence-corrected chi connectivity index (χ1v) is 10.1. The number of carboxylic acid groups (broad SMARTS) is 2. The number of hydrogen-bond donors (Lipinski definition) is 2. The van der Waals surface area contributed by atoms with Crippen LogP contribution in [0.3, 0.4) is 0 Å². The topological polar surface area (TPSA) is 74.6 Å². The van der Waals surface area contributed by atoms with Gasteiger partial charge in [0.2, 0.25) is 0 Å². The first kappa shape index (κ1) is 19.5. The first-order chi connectivity index (χ1) is 15.5. The fourth-order valence-electron chi connectivity index (χ4n) is 4.25. The normalized spacial score (nSPS) is 11.0. The second kappa shape index (κ2) is 7.67. The molecule has 0 radical (unpaired) electrons. The van der Waals surface area contributed by atoms with Gasteiger partial charge in [-0.05, 0) is 56.9 Å². The van der Waals surface area contributed by atoms with Gasteiger partial charge in [0.1, 0.15) is 0 Å². The molecule has 0 saturated carbocycles. The summed E-state index contributed by atoms with van der Waals surface area (Å²) in [7, 11) is 0. The zero-order chi connectivity index (χ0) is 22.2. The van der Waals surface area contributed by atoms with E-state index in [-0.39, 0.29) is 11.1 Å². The molecule has 5 rings (SSSR count). The van der Waals surface area contributed by atoms with E-state index in [9.17, 15) is 19.8 Å². The predicted molar refractivity (Wildman–Crippen MR) is 126 cm³/mol. The number of rotatable bonds is 4. The summed E-state index contributed by atoms with van der Waals surface area (Å²) in [4.78, 5) is 24.4. The summed E-state index contributed by atoms with van der Waals surface area (Å²) in [5, 5.41) is 23.9. The minimum atomic E-state index is -1.10. The van der Waals surface area contributed by atoms with Crippen molar-refractivity contribution in [3.8, 4) is 22.3 Å². The molecule has 5 aromatic carbocycles. The van der Waals surface area contributed by atoms with Crippen LogP contribution in [0.2, 0.25) is 0 Å². The Morgan fingerprint density at radius 2 is 0.844 bits per heavy atom. The number of fused-ring (bicyclic) bond motifs is 2. The average molecular weight is 418 g/mol. The quantitative estimate of drug-likeness (QED) is 0.340. The number of carbonyl (C=O) groups is 2. The molecule has 0 atom stereocenters. The minimum absolute atomic E-state index is 0.0634. The summed E-state index contributed by atoms with van der Waals surface area (Å²) < 4.78 is 0. The number of carboxylic acids is 2. The molecule has 5 aromatic rings. The summed E-state index contributed by atoms with van der Waals surface area (Å²) in [5.74, 6) is -2.21. The van der Waals surface area contributed by atoms with E-state index in [0.29, 0.717) is 22.3 Å². The van der Waals surface area contributed by atoms with Crippen LogP contribution in [-0.2, 0) is 0 Å². The molecule has 0 aromatic heterocycles. The third-order valence-electron chi connectivity index (χ3n) is 5.74. The molecule has 2 N–H and O–H groups in total. The van der Waals surface area contributed by atoms with E-state index >= 15 is 0 Å². The molecule has 0 bridgehead atoms. The molecular weight excluding hydrogens is 400 g/mol. The van der Waals surface area contributed by atoms with Crippen molar-refractivity contribution < 1.29 is 19.8 Å². The van der Waals surface area contributed by atoms with Gasteiger partial charge in [-0.2, -0.15) is 0 Å². The highest BCUT2D eigenvalue weighted by molar-refractivity contribution is 6.09. The Kier molecular flexibility index (Phi) is 4.68. The minimum Gasteiger partial charge on any atom is -0.478 e. The van der Waals surface area contributed by atoms with Crippen LogP contribution in [0.4, 0.5) is 0 Å². The van der Waals surface area contributed by atoms with Gasteiger partial charge in [-0.25, -0.2) is 9.59 Å². The SMILES string of the molecule is O=C(O)c1ccc(C(=O)O)c(-c2ccc3ccccc3c2)c1-c1ccc2ccccc2c1. The standard InChI is InChI=1S/C28H18O4/c29-27(30)23-13-14-24(28(31)32)26(22-12-10-18-6-2-4-8-20(18)16-22)25(23)21-11-9-17-5-1-3-7-19(17)15-21/h1-16H,(H,29,30)(H,31,32). The van der Waals surface area contributed by atoms with Crippen LogP contribution < -0.4 is 0 Å². The first-order valence-electron chi connectivity index (χ1n) is 10.1. The lowest BCUT2D eigenvalue weighted by atomic mass is 9.85. The van der Waals surface area contributed by atoms with Crippen molar-refractivity contribution in [1.29, 1.82) is 0 Å². The van der Waals surface area contributed by atoms with Crippen molar-refractivity contribution in [1.82, 2.24) is 0 Å².